The molecule has 1 unspecified atom stereocenters. The van der Waals surface area contributed by atoms with Gasteiger partial charge in [0.2, 0.25) is 0 Å². The van der Waals surface area contributed by atoms with E-state index in [1.165, 1.54) is 53.8 Å². The molecule has 0 radical (unpaired) electrons. The summed E-state index contributed by atoms with van der Waals surface area (Å²) in [6.45, 7) is 1.26. The van der Waals surface area contributed by atoms with Crippen LogP contribution < -0.4 is 0 Å². The van der Waals surface area contributed by atoms with Crippen molar-refractivity contribution in [1.29, 1.82) is 0 Å². The van der Waals surface area contributed by atoms with Gasteiger partial charge in [-0.15, -0.1) is 0 Å². The summed E-state index contributed by atoms with van der Waals surface area (Å²) in [4.78, 5) is 6.93. The number of aromatic nitrogens is 1. The number of benzene rings is 1. The Morgan fingerprint density at radius 2 is 1.88 bits per heavy atom. The van der Waals surface area contributed by atoms with Gasteiger partial charge in [-0.1, -0.05) is 42.0 Å². The number of fused-ring (bicyclic) bond motifs is 4. The van der Waals surface area contributed by atoms with Crippen LogP contribution >= 0.6 is 0 Å². The maximum Gasteiger partial charge on any atom is 0.0453 e. The van der Waals surface area contributed by atoms with Crippen LogP contribution in [0.25, 0.3) is 17.7 Å². The summed E-state index contributed by atoms with van der Waals surface area (Å²) in [5.41, 5.74) is 8.18. The molecule has 0 amide bonds. The summed E-state index contributed by atoms with van der Waals surface area (Å²) in [5.74, 6) is 0.820. The Kier molecular flexibility index (Phi) is 3.60. The Bertz CT molecular complexity index is 860. The molecule has 2 atom stereocenters. The fraction of sp³-hybridized carbons (Fsp3) is 0.348. The van der Waals surface area contributed by atoms with E-state index in [9.17, 15) is 0 Å². The molecule has 0 spiro atoms. The molecule has 3 aliphatic rings. The van der Waals surface area contributed by atoms with Crippen LogP contribution in [0.15, 0.2) is 48.2 Å². The Morgan fingerprint density at radius 3 is 2.64 bits per heavy atom. The molecule has 1 saturated heterocycles. The molecular formula is C23H24N2. The molecule has 2 fully saturated rings. The van der Waals surface area contributed by atoms with Crippen LogP contribution in [0.3, 0.4) is 0 Å². The van der Waals surface area contributed by atoms with Crippen molar-refractivity contribution in [2.45, 2.75) is 31.7 Å². The first-order chi connectivity index (χ1) is 12.2. The topological polar surface area (TPSA) is 16.1 Å². The summed E-state index contributed by atoms with van der Waals surface area (Å²) >= 11 is 0. The number of likely N-dealkylation sites (tertiary alicyclic amines) is 1. The molecule has 1 saturated carbocycles. The van der Waals surface area contributed by atoms with Crippen molar-refractivity contribution in [2.24, 2.45) is 5.92 Å². The van der Waals surface area contributed by atoms with Gasteiger partial charge in [0.1, 0.15) is 0 Å². The van der Waals surface area contributed by atoms with Gasteiger partial charge in [-0.3, -0.25) is 4.98 Å². The summed E-state index contributed by atoms with van der Waals surface area (Å²) in [7, 11) is 2.28. The Labute approximate surface area is 149 Å². The van der Waals surface area contributed by atoms with E-state index in [4.69, 9.17) is 0 Å². The second-order valence-corrected chi connectivity index (χ2v) is 7.83. The van der Waals surface area contributed by atoms with Crippen molar-refractivity contribution in [1.82, 2.24) is 9.88 Å². The van der Waals surface area contributed by atoms with E-state index >= 15 is 0 Å². The highest BCUT2D eigenvalue weighted by molar-refractivity contribution is 5.85. The monoisotopic (exact) mass is 328 g/mol. The van der Waals surface area contributed by atoms with E-state index < -0.39 is 0 Å². The number of rotatable bonds is 2. The molecule has 2 aromatic rings. The minimum absolute atomic E-state index is 0.778. The van der Waals surface area contributed by atoms with E-state index in [0.29, 0.717) is 0 Å². The van der Waals surface area contributed by atoms with Crippen molar-refractivity contribution < 1.29 is 0 Å². The van der Waals surface area contributed by atoms with Crippen LogP contribution in [0.4, 0.5) is 0 Å². The molecule has 1 aromatic heterocycles. The highest BCUT2D eigenvalue weighted by atomic mass is 15.1. The fourth-order valence-corrected chi connectivity index (χ4v) is 4.67. The van der Waals surface area contributed by atoms with Gasteiger partial charge in [0.25, 0.3) is 0 Å². The molecule has 1 aliphatic heterocycles. The van der Waals surface area contributed by atoms with Crippen molar-refractivity contribution in [3.63, 3.8) is 0 Å². The van der Waals surface area contributed by atoms with Gasteiger partial charge in [-0.25, -0.2) is 0 Å². The lowest BCUT2D eigenvalue weighted by Crippen LogP contribution is -2.34. The van der Waals surface area contributed by atoms with Crippen LogP contribution in [0.2, 0.25) is 0 Å². The molecule has 5 rings (SSSR count). The van der Waals surface area contributed by atoms with Crippen LogP contribution in [0.5, 0.6) is 0 Å². The summed E-state index contributed by atoms with van der Waals surface area (Å²) in [5, 5.41) is 0. The van der Waals surface area contributed by atoms with Gasteiger partial charge in [-0.05, 0) is 73.2 Å². The molecule has 2 heterocycles. The number of hydrogen-bond donors (Lipinski definition) is 0. The second-order valence-electron chi connectivity index (χ2n) is 7.83. The normalized spacial score (nSPS) is 28.2. The zero-order valence-electron chi connectivity index (χ0n) is 14.8. The number of pyridine rings is 1. The van der Waals surface area contributed by atoms with E-state index in [1.807, 2.05) is 6.20 Å². The van der Waals surface area contributed by atoms with Gasteiger partial charge < -0.3 is 4.90 Å². The molecule has 4 bridgehead atoms. The van der Waals surface area contributed by atoms with Gasteiger partial charge >= 0.3 is 0 Å². The molecule has 25 heavy (non-hydrogen) atoms. The van der Waals surface area contributed by atoms with Crippen molar-refractivity contribution in [3.05, 3.63) is 70.6 Å². The predicted octanol–water partition coefficient (Wildman–Crippen LogP) is 4.68. The Balaban J connectivity index is 1.35. The Hall–Kier alpha value is -2.19. The van der Waals surface area contributed by atoms with Gasteiger partial charge in [-0.2, -0.15) is 0 Å². The third kappa shape index (κ3) is 2.85. The standard InChI is InChI=1S/C23H24N2/c1-25-9-7-19-14-23(25)15-21(19)11-17-4-2-16(3-5-17)10-20-13-22-12-18(20)6-8-24-22/h2-6,8,10-12,19,23H,7,9,13-15H2,1H3/b20-10+,21-11?/t19?,23-/m0/s1. The average molecular weight is 328 g/mol. The minimum Gasteiger partial charge on any atom is -0.303 e. The highest BCUT2D eigenvalue weighted by Crippen LogP contribution is 2.41. The van der Waals surface area contributed by atoms with Crippen molar-refractivity contribution in [3.8, 4) is 0 Å². The number of nitrogens with zero attached hydrogens (tertiary/aromatic N) is 2. The second kappa shape index (κ2) is 5.96. The first-order valence-electron chi connectivity index (χ1n) is 9.41. The predicted molar refractivity (Wildman–Crippen MR) is 104 cm³/mol. The zero-order valence-corrected chi connectivity index (χ0v) is 14.8. The summed E-state index contributed by atoms with van der Waals surface area (Å²) < 4.78 is 0. The van der Waals surface area contributed by atoms with Crippen LogP contribution in [-0.2, 0) is 6.42 Å². The summed E-state index contributed by atoms with van der Waals surface area (Å²) in [6.07, 6.45) is 11.6. The van der Waals surface area contributed by atoms with E-state index in [0.717, 1.165) is 18.4 Å². The SMILES string of the molecule is CN1CCC2C[C@H]1CC2=Cc1ccc(/C=C2\Cc3cc2ccn3)cc1. The van der Waals surface area contributed by atoms with Crippen molar-refractivity contribution >= 4 is 17.7 Å². The number of piperidine rings is 1. The van der Waals surface area contributed by atoms with Gasteiger partial charge in [0.15, 0.2) is 0 Å². The van der Waals surface area contributed by atoms with Gasteiger partial charge in [0, 0.05) is 24.4 Å². The molecule has 1 aromatic carbocycles. The fourth-order valence-electron chi connectivity index (χ4n) is 4.67. The molecule has 0 N–H and O–H groups in total. The van der Waals surface area contributed by atoms with Crippen LogP contribution in [0, 0.1) is 5.92 Å². The minimum atomic E-state index is 0.778. The molecule has 2 aliphatic carbocycles. The van der Waals surface area contributed by atoms with Gasteiger partial charge in [0.05, 0.1) is 0 Å². The van der Waals surface area contributed by atoms with Crippen molar-refractivity contribution in [2.75, 3.05) is 13.6 Å². The van der Waals surface area contributed by atoms with E-state index in [-0.39, 0.29) is 0 Å². The van der Waals surface area contributed by atoms with E-state index in [2.05, 4.69) is 65.5 Å². The lowest BCUT2D eigenvalue weighted by atomic mass is 9.95. The Morgan fingerprint density at radius 1 is 1.08 bits per heavy atom. The first kappa shape index (κ1) is 15.1. The summed E-state index contributed by atoms with van der Waals surface area (Å²) in [6, 6.07) is 14.1. The van der Waals surface area contributed by atoms with Crippen LogP contribution in [-0.4, -0.2) is 29.5 Å². The van der Waals surface area contributed by atoms with E-state index in [1.54, 1.807) is 5.57 Å². The zero-order chi connectivity index (χ0) is 16.8. The number of allylic oxidation sites excluding steroid dienone is 1. The lowest BCUT2D eigenvalue weighted by molar-refractivity contribution is 0.195. The maximum atomic E-state index is 4.39. The quantitative estimate of drug-likeness (QED) is 0.796. The molecule has 2 heteroatoms. The number of hydrogen-bond acceptors (Lipinski definition) is 2. The third-order valence-electron chi connectivity index (χ3n) is 6.19. The lowest BCUT2D eigenvalue weighted by Gasteiger charge is -2.28. The van der Waals surface area contributed by atoms with Crippen LogP contribution in [0.1, 0.15) is 41.6 Å². The first-order valence-corrected chi connectivity index (χ1v) is 9.41. The largest absolute Gasteiger partial charge is 0.303 e. The third-order valence-corrected chi connectivity index (χ3v) is 6.19. The smallest absolute Gasteiger partial charge is 0.0453 e. The molecular weight excluding hydrogens is 304 g/mol. The maximum absolute atomic E-state index is 4.39. The molecule has 2 nitrogen and oxygen atoms in total. The molecule has 126 valence electrons. The highest BCUT2D eigenvalue weighted by Gasteiger charge is 2.35. The average Bonchev–Trinajstić information content (AvgIpc) is 3.10.